The predicted octanol–water partition coefficient (Wildman–Crippen LogP) is 4.87. The number of aliphatic carboxylic acids is 1. The van der Waals surface area contributed by atoms with Gasteiger partial charge in [-0.3, -0.25) is 10.1 Å². The zero-order valence-electron chi connectivity index (χ0n) is 17.9. The van der Waals surface area contributed by atoms with Crippen LogP contribution in [0.15, 0.2) is 85.1 Å². The summed E-state index contributed by atoms with van der Waals surface area (Å²) in [6, 6.07) is 24.4. The second-order valence-corrected chi connectivity index (χ2v) is 7.43. The third-order valence-corrected chi connectivity index (χ3v) is 5.09. The van der Waals surface area contributed by atoms with Gasteiger partial charge in [0.2, 0.25) is 0 Å². The minimum atomic E-state index is -0.859. The molecule has 0 radical (unpaired) electrons. The molecular weight excluding hydrogens is 420 g/mol. The topological polar surface area (TPSA) is 106 Å². The van der Waals surface area contributed by atoms with Gasteiger partial charge in [-0.15, -0.1) is 5.10 Å². The number of carboxylic acids is 1. The van der Waals surface area contributed by atoms with Crippen LogP contribution in [-0.2, 0) is 16.0 Å². The Morgan fingerprint density at radius 3 is 2.24 bits per heavy atom. The van der Waals surface area contributed by atoms with Crippen LogP contribution in [0.3, 0.4) is 0 Å². The fourth-order valence-corrected chi connectivity index (χ4v) is 3.38. The van der Waals surface area contributed by atoms with Crippen LogP contribution in [0.4, 0.5) is 10.6 Å². The van der Waals surface area contributed by atoms with E-state index in [1.807, 2.05) is 66.7 Å². The summed E-state index contributed by atoms with van der Waals surface area (Å²) in [6.45, 7) is 1.80. The number of carbonyl (C=O) groups is 2. The van der Waals surface area contributed by atoms with Crippen molar-refractivity contribution in [2.75, 3.05) is 5.32 Å². The van der Waals surface area contributed by atoms with Crippen molar-refractivity contribution < 1.29 is 19.4 Å². The first-order valence-corrected chi connectivity index (χ1v) is 10.3. The highest BCUT2D eigenvalue weighted by Gasteiger charge is 2.15. The Morgan fingerprint density at radius 2 is 1.61 bits per heavy atom. The number of ether oxygens (including phenoxy) is 1. The van der Waals surface area contributed by atoms with Gasteiger partial charge in [0, 0.05) is 0 Å². The average Bonchev–Trinajstić information content (AvgIpc) is 3.28. The highest BCUT2D eigenvalue weighted by molar-refractivity contribution is 5.83. The Morgan fingerprint density at radius 1 is 0.970 bits per heavy atom. The Bertz CT molecular complexity index is 1240. The van der Waals surface area contributed by atoms with E-state index in [1.165, 1.54) is 10.9 Å². The smallest absolute Gasteiger partial charge is 0.413 e. The minimum Gasteiger partial charge on any atom is -0.481 e. The Hall–Kier alpha value is -4.46. The summed E-state index contributed by atoms with van der Waals surface area (Å²) in [5, 5.41) is 19.5. The van der Waals surface area contributed by atoms with E-state index in [0.29, 0.717) is 11.5 Å². The van der Waals surface area contributed by atoms with E-state index in [-0.39, 0.29) is 6.42 Å². The molecule has 1 amide bonds. The average molecular weight is 442 g/mol. The van der Waals surface area contributed by atoms with Gasteiger partial charge in [-0.1, -0.05) is 71.9 Å². The monoisotopic (exact) mass is 442 g/mol. The van der Waals surface area contributed by atoms with E-state index >= 15 is 0 Å². The van der Waals surface area contributed by atoms with Crippen LogP contribution < -0.4 is 5.32 Å². The Balaban J connectivity index is 1.44. The molecular formula is C25H22N4O4. The second kappa shape index (κ2) is 9.78. The summed E-state index contributed by atoms with van der Waals surface area (Å²) in [4.78, 5) is 23.2. The molecule has 1 unspecified atom stereocenters. The minimum absolute atomic E-state index is 0.00610. The molecule has 4 aromatic rings. The van der Waals surface area contributed by atoms with Gasteiger partial charge in [-0.2, -0.15) is 4.68 Å². The molecule has 1 aromatic heterocycles. The summed E-state index contributed by atoms with van der Waals surface area (Å²) in [6.07, 6.45) is 0.432. The van der Waals surface area contributed by atoms with Crippen molar-refractivity contribution in [1.29, 1.82) is 0 Å². The maximum atomic E-state index is 12.4. The zero-order chi connectivity index (χ0) is 23.2. The van der Waals surface area contributed by atoms with Crippen LogP contribution >= 0.6 is 0 Å². The molecule has 1 heterocycles. The summed E-state index contributed by atoms with van der Waals surface area (Å²) < 4.78 is 6.96. The molecule has 0 aliphatic heterocycles. The largest absolute Gasteiger partial charge is 0.481 e. The lowest BCUT2D eigenvalue weighted by Crippen LogP contribution is -2.18. The highest BCUT2D eigenvalue weighted by atomic mass is 16.6. The molecule has 2 N–H and O–H groups in total. The van der Waals surface area contributed by atoms with Crippen molar-refractivity contribution in [3.05, 3.63) is 96.2 Å². The fourth-order valence-electron chi connectivity index (χ4n) is 3.38. The zero-order valence-corrected chi connectivity index (χ0v) is 17.9. The van der Waals surface area contributed by atoms with Gasteiger partial charge >= 0.3 is 12.1 Å². The van der Waals surface area contributed by atoms with Gasteiger partial charge in [0.05, 0.1) is 18.3 Å². The van der Waals surface area contributed by atoms with Crippen molar-refractivity contribution in [2.24, 2.45) is 0 Å². The van der Waals surface area contributed by atoms with Crippen LogP contribution in [0.2, 0.25) is 0 Å². The number of aromatic nitrogens is 3. The summed E-state index contributed by atoms with van der Waals surface area (Å²) in [5.41, 5.74) is 4.28. The molecule has 8 heteroatoms. The molecule has 33 heavy (non-hydrogen) atoms. The van der Waals surface area contributed by atoms with Crippen molar-refractivity contribution in [3.8, 4) is 16.8 Å². The fraction of sp³-hybridized carbons (Fsp3) is 0.120. The number of benzene rings is 3. The number of nitrogens with one attached hydrogen (secondary N) is 1. The van der Waals surface area contributed by atoms with Crippen LogP contribution in [0.1, 0.15) is 24.2 Å². The standard InChI is InChI=1S/C25H22N4O4/c1-17(19-5-3-2-4-6-19)33-25(32)27-23-16-26-28-29(23)22-13-11-21(12-14-22)20-9-7-18(8-10-20)15-24(30)31/h2-14,16-17H,15H2,1H3,(H,27,32)(H,30,31). The normalized spacial score (nSPS) is 11.5. The summed E-state index contributed by atoms with van der Waals surface area (Å²) in [5.74, 6) is -0.478. The number of carboxylic acid groups (broad SMARTS) is 1. The highest BCUT2D eigenvalue weighted by Crippen LogP contribution is 2.23. The predicted molar refractivity (Wildman–Crippen MR) is 123 cm³/mol. The lowest BCUT2D eigenvalue weighted by molar-refractivity contribution is -0.136. The number of amides is 1. The molecule has 0 fully saturated rings. The van der Waals surface area contributed by atoms with Gasteiger partial charge in [-0.25, -0.2) is 4.79 Å². The van der Waals surface area contributed by atoms with E-state index in [1.54, 1.807) is 19.1 Å². The quantitative estimate of drug-likeness (QED) is 0.423. The molecule has 3 aromatic carbocycles. The number of anilines is 1. The van der Waals surface area contributed by atoms with E-state index in [2.05, 4.69) is 15.6 Å². The van der Waals surface area contributed by atoms with Gasteiger partial charge < -0.3 is 9.84 Å². The summed E-state index contributed by atoms with van der Waals surface area (Å²) >= 11 is 0. The second-order valence-electron chi connectivity index (χ2n) is 7.43. The number of hydrogen-bond acceptors (Lipinski definition) is 5. The number of carbonyl (C=O) groups excluding carboxylic acids is 1. The van der Waals surface area contributed by atoms with Gasteiger partial charge in [0.1, 0.15) is 6.10 Å². The molecule has 0 aliphatic carbocycles. The van der Waals surface area contributed by atoms with Gasteiger partial charge in [0.15, 0.2) is 5.82 Å². The van der Waals surface area contributed by atoms with E-state index in [9.17, 15) is 9.59 Å². The van der Waals surface area contributed by atoms with Gasteiger partial charge in [0.25, 0.3) is 0 Å². The van der Waals surface area contributed by atoms with Crippen LogP contribution in [0.25, 0.3) is 16.8 Å². The lowest BCUT2D eigenvalue weighted by atomic mass is 10.0. The van der Waals surface area contributed by atoms with E-state index in [4.69, 9.17) is 9.84 Å². The van der Waals surface area contributed by atoms with Crippen LogP contribution in [0.5, 0.6) is 0 Å². The molecule has 4 rings (SSSR count). The molecule has 0 spiro atoms. The molecule has 166 valence electrons. The van der Waals surface area contributed by atoms with Crippen molar-refractivity contribution in [2.45, 2.75) is 19.4 Å². The number of rotatable bonds is 7. The molecule has 0 aliphatic rings. The van der Waals surface area contributed by atoms with E-state index < -0.39 is 18.2 Å². The Kier molecular flexibility index (Phi) is 6.45. The molecule has 0 bridgehead atoms. The summed E-state index contributed by atoms with van der Waals surface area (Å²) in [7, 11) is 0. The number of nitrogens with zero attached hydrogens (tertiary/aromatic N) is 3. The Labute approximate surface area is 190 Å². The number of hydrogen-bond donors (Lipinski definition) is 2. The first kappa shape index (κ1) is 21.8. The van der Waals surface area contributed by atoms with Crippen molar-refractivity contribution in [3.63, 3.8) is 0 Å². The molecule has 8 nitrogen and oxygen atoms in total. The SMILES string of the molecule is CC(OC(=O)Nc1cnnn1-c1ccc(-c2ccc(CC(=O)O)cc2)cc1)c1ccccc1. The lowest BCUT2D eigenvalue weighted by Gasteiger charge is -2.14. The van der Waals surface area contributed by atoms with Crippen molar-refractivity contribution >= 4 is 17.9 Å². The first-order chi connectivity index (χ1) is 16.0. The maximum Gasteiger partial charge on any atom is 0.413 e. The maximum absolute atomic E-state index is 12.4. The van der Waals surface area contributed by atoms with Crippen LogP contribution in [-0.4, -0.2) is 32.2 Å². The molecule has 0 saturated heterocycles. The van der Waals surface area contributed by atoms with Gasteiger partial charge in [-0.05, 0) is 41.3 Å². The molecule has 0 saturated carbocycles. The first-order valence-electron chi connectivity index (χ1n) is 10.3. The van der Waals surface area contributed by atoms with Crippen molar-refractivity contribution in [1.82, 2.24) is 15.0 Å². The van der Waals surface area contributed by atoms with E-state index in [0.717, 1.165) is 22.3 Å². The van der Waals surface area contributed by atoms with Crippen LogP contribution in [0, 0.1) is 0 Å². The molecule has 1 atom stereocenters. The third kappa shape index (κ3) is 5.43. The third-order valence-electron chi connectivity index (χ3n) is 5.09.